The molecule has 0 aromatic heterocycles. The topological polar surface area (TPSA) is 61.8 Å². The number of ether oxygens (including phenoxy) is 1. The predicted octanol–water partition coefficient (Wildman–Crippen LogP) is 2.36. The normalized spacial score (nSPS) is 38.8. The molecule has 1 aliphatic carbocycles. The van der Waals surface area contributed by atoms with Crippen molar-refractivity contribution in [2.45, 2.75) is 50.2 Å². The summed E-state index contributed by atoms with van der Waals surface area (Å²) in [4.78, 5) is 12.2. The van der Waals surface area contributed by atoms with Crippen LogP contribution in [-0.4, -0.2) is 33.9 Å². The van der Waals surface area contributed by atoms with Crippen LogP contribution in [0.2, 0.25) is 5.31 Å². The van der Waals surface area contributed by atoms with Gasteiger partial charge in [-0.25, -0.2) is 0 Å². The van der Waals surface area contributed by atoms with Crippen molar-refractivity contribution in [2.24, 2.45) is 11.8 Å². The van der Waals surface area contributed by atoms with Crippen LogP contribution in [0.3, 0.4) is 0 Å². The van der Waals surface area contributed by atoms with Gasteiger partial charge in [0.1, 0.15) is 7.85 Å². The van der Waals surface area contributed by atoms with Crippen LogP contribution in [-0.2, 0) is 23.1 Å². The van der Waals surface area contributed by atoms with E-state index in [0.29, 0.717) is 0 Å². The Morgan fingerprint density at radius 2 is 1.95 bits per heavy atom. The zero-order valence-electron chi connectivity index (χ0n) is 12.8. The minimum atomic E-state index is -3.41. The Hall–Kier alpha value is -0.315. The number of rotatable bonds is 3. The van der Waals surface area contributed by atoms with E-state index in [1.54, 1.807) is 0 Å². The molecule has 1 aliphatic heterocycles. The van der Waals surface area contributed by atoms with E-state index in [9.17, 15) is 9.36 Å². The van der Waals surface area contributed by atoms with Crippen molar-refractivity contribution < 1.29 is 23.1 Å². The number of fused-ring (bicyclic) bond motifs is 1. The number of hydrogen-bond donors (Lipinski definition) is 0. The molecule has 2 fully saturated rings. The summed E-state index contributed by atoms with van der Waals surface area (Å²) in [7, 11) is 1.41. The quantitative estimate of drug-likeness (QED) is 0.455. The lowest BCUT2D eigenvalue weighted by atomic mass is 9.55. The van der Waals surface area contributed by atoms with Crippen LogP contribution in [0.15, 0.2) is 0 Å². The number of carbonyl (C=O) groups is 1. The van der Waals surface area contributed by atoms with Gasteiger partial charge in [-0.05, 0) is 6.42 Å². The van der Waals surface area contributed by atoms with Crippen molar-refractivity contribution in [2.75, 3.05) is 14.2 Å². The van der Waals surface area contributed by atoms with Gasteiger partial charge in [0.25, 0.3) is 0 Å². The van der Waals surface area contributed by atoms with Crippen LogP contribution in [0.4, 0.5) is 0 Å². The average molecular weight is 302 g/mol. The summed E-state index contributed by atoms with van der Waals surface area (Å²) < 4.78 is 28.3. The SMILES string of the molecule is BC1(C)CCCCCC2C(=O)OC(P(=O)(OC)OC)C21. The smallest absolute Gasteiger partial charge is 0.370 e. The third-order valence-corrected chi connectivity index (χ3v) is 6.91. The van der Waals surface area contributed by atoms with E-state index >= 15 is 0 Å². The van der Waals surface area contributed by atoms with E-state index in [1.807, 2.05) is 0 Å². The van der Waals surface area contributed by atoms with Gasteiger partial charge in [0.05, 0.1) is 5.92 Å². The van der Waals surface area contributed by atoms with E-state index in [0.717, 1.165) is 32.1 Å². The summed E-state index contributed by atoms with van der Waals surface area (Å²) in [5.74, 6) is -1.32. The first kappa shape index (κ1) is 16.1. The van der Waals surface area contributed by atoms with Crippen molar-refractivity contribution in [3.8, 4) is 0 Å². The second-order valence-electron chi connectivity index (χ2n) is 6.45. The summed E-state index contributed by atoms with van der Waals surface area (Å²) in [6.07, 6.45) is 5.08. The molecule has 0 amide bonds. The van der Waals surface area contributed by atoms with E-state index in [1.165, 1.54) is 14.2 Å². The van der Waals surface area contributed by atoms with Crippen molar-refractivity contribution in [1.82, 2.24) is 0 Å². The number of esters is 1. The highest BCUT2D eigenvalue weighted by atomic mass is 31.2. The first-order valence-corrected chi connectivity index (χ1v) is 8.88. The van der Waals surface area contributed by atoms with Gasteiger partial charge in [-0.15, -0.1) is 0 Å². The highest BCUT2D eigenvalue weighted by molar-refractivity contribution is 7.54. The third kappa shape index (κ3) is 2.70. The fraction of sp³-hybridized carbons (Fsp3) is 0.923. The molecule has 0 N–H and O–H groups in total. The Balaban J connectivity index is 2.39. The fourth-order valence-corrected chi connectivity index (χ4v) is 5.49. The maximum atomic E-state index is 12.7. The van der Waals surface area contributed by atoms with E-state index in [-0.39, 0.29) is 23.1 Å². The molecule has 0 aromatic carbocycles. The van der Waals surface area contributed by atoms with Crippen molar-refractivity contribution in [1.29, 1.82) is 0 Å². The average Bonchev–Trinajstić information content (AvgIpc) is 2.73. The van der Waals surface area contributed by atoms with Gasteiger partial charge in [-0.1, -0.05) is 37.9 Å². The Kier molecular flexibility index (Phi) is 4.67. The lowest BCUT2D eigenvalue weighted by Gasteiger charge is -2.39. The molecule has 4 unspecified atom stereocenters. The van der Waals surface area contributed by atoms with Crippen molar-refractivity contribution >= 4 is 21.4 Å². The van der Waals surface area contributed by atoms with E-state index in [2.05, 4.69) is 14.8 Å². The molecule has 114 valence electrons. The summed E-state index contributed by atoms with van der Waals surface area (Å²) in [5, 5.41) is -0.116. The van der Waals surface area contributed by atoms with Gasteiger partial charge in [0.15, 0.2) is 0 Å². The Labute approximate surface area is 121 Å². The van der Waals surface area contributed by atoms with E-state index in [4.69, 9.17) is 13.8 Å². The third-order valence-electron chi connectivity index (χ3n) is 4.84. The molecule has 0 aromatic rings. The maximum absolute atomic E-state index is 12.7. The monoisotopic (exact) mass is 302 g/mol. The van der Waals surface area contributed by atoms with Gasteiger partial charge in [0.2, 0.25) is 5.85 Å². The maximum Gasteiger partial charge on any atom is 0.370 e. The molecule has 5 nitrogen and oxygen atoms in total. The van der Waals surface area contributed by atoms with Gasteiger partial charge in [0, 0.05) is 20.1 Å². The zero-order valence-corrected chi connectivity index (χ0v) is 13.7. The first-order valence-electron chi connectivity index (χ1n) is 7.27. The Morgan fingerprint density at radius 1 is 1.30 bits per heavy atom. The molecule has 7 heteroatoms. The largest absolute Gasteiger partial charge is 0.449 e. The molecule has 1 heterocycles. The lowest BCUT2D eigenvalue weighted by molar-refractivity contribution is -0.143. The summed E-state index contributed by atoms with van der Waals surface area (Å²) in [6, 6.07) is 0. The first-order chi connectivity index (χ1) is 9.35. The van der Waals surface area contributed by atoms with Gasteiger partial charge in [-0.3, -0.25) is 9.36 Å². The predicted molar refractivity (Wildman–Crippen MR) is 78.5 cm³/mol. The van der Waals surface area contributed by atoms with Crippen LogP contribution in [0.25, 0.3) is 0 Å². The van der Waals surface area contributed by atoms with Crippen LogP contribution < -0.4 is 0 Å². The molecular formula is C13H24BO5P. The lowest BCUT2D eigenvalue weighted by Crippen LogP contribution is -2.34. The molecule has 1 saturated heterocycles. The summed E-state index contributed by atoms with van der Waals surface area (Å²) in [5.41, 5.74) is 0. The summed E-state index contributed by atoms with van der Waals surface area (Å²) >= 11 is 0. The van der Waals surface area contributed by atoms with Crippen LogP contribution in [0.5, 0.6) is 0 Å². The molecule has 0 bridgehead atoms. The van der Waals surface area contributed by atoms with Gasteiger partial charge >= 0.3 is 13.6 Å². The Bertz CT molecular complexity index is 417. The zero-order chi connectivity index (χ0) is 15.0. The highest BCUT2D eigenvalue weighted by Gasteiger charge is 2.58. The summed E-state index contributed by atoms with van der Waals surface area (Å²) in [6.45, 7) is 2.13. The van der Waals surface area contributed by atoms with Crippen LogP contribution in [0, 0.1) is 11.8 Å². The number of hydrogen-bond acceptors (Lipinski definition) is 5. The van der Waals surface area contributed by atoms with Crippen LogP contribution in [0.1, 0.15) is 39.0 Å². The van der Waals surface area contributed by atoms with Crippen LogP contribution >= 0.6 is 7.60 Å². The van der Waals surface area contributed by atoms with Crippen molar-refractivity contribution in [3.05, 3.63) is 0 Å². The number of carbonyl (C=O) groups excluding carboxylic acids is 1. The number of cyclic esters (lactones) is 1. The molecule has 4 atom stereocenters. The van der Waals surface area contributed by atoms with E-state index < -0.39 is 13.4 Å². The highest BCUT2D eigenvalue weighted by Crippen LogP contribution is 2.64. The minimum absolute atomic E-state index is 0.110. The molecule has 2 aliphatic rings. The molecule has 0 radical (unpaired) electrons. The Morgan fingerprint density at radius 3 is 2.55 bits per heavy atom. The van der Waals surface area contributed by atoms with Gasteiger partial charge < -0.3 is 13.8 Å². The molecule has 0 spiro atoms. The minimum Gasteiger partial charge on any atom is -0.449 e. The molecule has 2 rings (SSSR count). The molecule has 1 saturated carbocycles. The molecule has 20 heavy (non-hydrogen) atoms. The fourth-order valence-electron chi connectivity index (χ4n) is 3.68. The second-order valence-corrected chi connectivity index (χ2v) is 8.77. The second kappa shape index (κ2) is 5.82. The van der Waals surface area contributed by atoms with Gasteiger partial charge in [-0.2, -0.15) is 0 Å². The molecular weight excluding hydrogens is 278 g/mol. The van der Waals surface area contributed by atoms with Crippen molar-refractivity contribution in [3.63, 3.8) is 0 Å². The standard InChI is InChI=1S/C13H24BO5P/c1-13(14)8-6-4-5-7-9-10(13)12(19-11(9)15)20(16,17-2)18-3/h9-10,12H,4-8,14H2,1-3H3.